The molecule has 1 unspecified atom stereocenters. The summed E-state index contributed by atoms with van der Waals surface area (Å²) in [7, 11) is 0. The van der Waals surface area contributed by atoms with E-state index in [2.05, 4.69) is 5.32 Å². The van der Waals surface area contributed by atoms with Crippen molar-refractivity contribution >= 4 is 17.7 Å². The largest absolute Gasteiger partial charge is 0.370 e. The molecule has 1 atom stereocenters. The van der Waals surface area contributed by atoms with E-state index in [0.29, 0.717) is 0 Å². The molecule has 7 nitrogen and oxygen atoms in total. The number of carbonyl (C=O) groups is 3. The Morgan fingerprint density at radius 3 is 2.12 bits per heavy atom. The van der Waals surface area contributed by atoms with Crippen LogP contribution in [0.3, 0.4) is 0 Å². The van der Waals surface area contributed by atoms with E-state index >= 15 is 0 Å². The molecular formula is C9H18N4O3. The maximum atomic E-state index is 11.4. The van der Waals surface area contributed by atoms with Crippen LogP contribution in [0.15, 0.2) is 0 Å². The van der Waals surface area contributed by atoms with Gasteiger partial charge in [-0.3, -0.25) is 14.4 Å². The minimum atomic E-state index is -0.999. The van der Waals surface area contributed by atoms with Crippen molar-refractivity contribution in [1.82, 2.24) is 5.32 Å². The fraction of sp³-hybridized carbons (Fsp3) is 0.667. The highest BCUT2D eigenvalue weighted by molar-refractivity contribution is 5.88. The molecule has 0 saturated carbocycles. The van der Waals surface area contributed by atoms with Crippen LogP contribution >= 0.6 is 0 Å². The third-order valence-corrected chi connectivity index (χ3v) is 2.13. The zero-order valence-electron chi connectivity index (χ0n) is 9.45. The number of amides is 3. The van der Waals surface area contributed by atoms with E-state index in [1.807, 2.05) is 0 Å². The molecule has 92 valence electrons. The van der Waals surface area contributed by atoms with Crippen molar-refractivity contribution in [3.05, 3.63) is 0 Å². The summed E-state index contributed by atoms with van der Waals surface area (Å²) in [6, 6.07) is -0.999. The quantitative estimate of drug-likeness (QED) is 0.411. The first kappa shape index (κ1) is 14.4. The standard InChI is InChI=1S/C9H18N4O3/c1-9(2,8(12)16)4-13-7(15)5(10)3-6(11)14/h5H,3-4,10H2,1-2H3,(H2,11,14)(H2,12,16)(H,13,15). The van der Waals surface area contributed by atoms with Crippen LogP contribution in [0.2, 0.25) is 0 Å². The van der Waals surface area contributed by atoms with E-state index in [-0.39, 0.29) is 13.0 Å². The van der Waals surface area contributed by atoms with Crippen LogP contribution in [0, 0.1) is 5.41 Å². The molecule has 16 heavy (non-hydrogen) atoms. The van der Waals surface area contributed by atoms with E-state index in [1.54, 1.807) is 13.8 Å². The van der Waals surface area contributed by atoms with Crippen LogP contribution in [0.1, 0.15) is 20.3 Å². The van der Waals surface area contributed by atoms with Crippen molar-refractivity contribution in [2.75, 3.05) is 6.54 Å². The number of rotatable bonds is 6. The molecule has 0 aliphatic carbocycles. The molecule has 0 aromatic carbocycles. The lowest BCUT2D eigenvalue weighted by atomic mass is 9.92. The monoisotopic (exact) mass is 230 g/mol. The molecule has 0 radical (unpaired) electrons. The van der Waals surface area contributed by atoms with E-state index < -0.39 is 29.2 Å². The zero-order chi connectivity index (χ0) is 12.9. The number of primary amides is 2. The highest BCUT2D eigenvalue weighted by atomic mass is 16.2. The fourth-order valence-electron chi connectivity index (χ4n) is 0.836. The molecule has 0 heterocycles. The summed E-state index contributed by atoms with van der Waals surface area (Å²) in [6.45, 7) is 3.25. The molecule has 0 aromatic rings. The summed E-state index contributed by atoms with van der Waals surface area (Å²) in [5.41, 5.74) is 14.5. The van der Waals surface area contributed by atoms with Gasteiger partial charge in [-0.1, -0.05) is 0 Å². The number of hydrogen-bond acceptors (Lipinski definition) is 4. The van der Waals surface area contributed by atoms with Crippen molar-refractivity contribution in [3.63, 3.8) is 0 Å². The first-order valence-corrected chi connectivity index (χ1v) is 4.78. The second kappa shape index (κ2) is 5.45. The van der Waals surface area contributed by atoms with Gasteiger partial charge in [-0.2, -0.15) is 0 Å². The summed E-state index contributed by atoms with van der Waals surface area (Å²) in [6.07, 6.45) is -0.233. The van der Waals surface area contributed by atoms with Gasteiger partial charge in [0.1, 0.15) is 0 Å². The Morgan fingerprint density at radius 2 is 1.75 bits per heavy atom. The molecule has 0 saturated heterocycles. The summed E-state index contributed by atoms with van der Waals surface area (Å²) >= 11 is 0. The Balaban J connectivity index is 4.17. The average Bonchev–Trinajstić information content (AvgIpc) is 2.12. The molecule has 0 aliphatic rings. The summed E-state index contributed by atoms with van der Waals surface area (Å²) in [5, 5.41) is 2.44. The maximum absolute atomic E-state index is 11.4. The molecule has 0 aromatic heterocycles. The van der Waals surface area contributed by atoms with Gasteiger partial charge >= 0.3 is 0 Å². The SMILES string of the molecule is CC(C)(CNC(=O)C(N)CC(N)=O)C(N)=O. The average molecular weight is 230 g/mol. The van der Waals surface area contributed by atoms with Gasteiger partial charge in [-0.15, -0.1) is 0 Å². The normalized spacial score (nSPS) is 12.9. The zero-order valence-corrected chi connectivity index (χ0v) is 9.45. The minimum Gasteiger partial charge on any atom is -0.370 e. The van der Waals surface area contributed by atoms with Gasteiger partial charge in [0.15, 0.2) is 0 Å². The van der Waals surface area contributed by atoms with Crippen LogP contribution in [-0.4, -0.2) is 30.3 Å². The number of hydrogen-bond donors (Lipinski definition) is 4. The van der Waals surface area contributed by atoms with Crippen LogP contribution in [0.4, 0.5) is 0 Å². The molecule has 0 fully saturated rings. The first-order chi connectivity index (χ1) is 7.16. The van der Waals surface area contributed by atoms with E-state index in [9.17, 15) is 14.4 Å². The van der Waals surface area contributed by atoms with Gasteiger partial charge in [0.25, 0.3) is 0 Å². The fourth-order valence-corrected chi connectivity index (χ4v) is 0.836. The van der Waals surface area contributed by atoms with Gasteiger partial charge < -0.3 is 22.5 Å². The van der Waals surface area contributed by atoms with E-state index in [4.69, 9.17) is 17.2 Å². The Bertz CT molecular complexity index is 301. The third-order valence-electron chi connectivity index (χ3n) is 2.13. The van der Waals surface area contributed by atoms with E-state index in [1.165, 1.54) is 0 Å². The third kappa shape index (κ3) is 4.74. The lowest BCUT2D eigenvalue weighted by Gasteiger charge is -2.21. The molecule has 3 amide bonds. The maximum Gasteiger partial charge on any atom is 0.237 e. The van der Waals surface area contributed by atoms with Crippen molar-refractivity contribution in [1.29, 1.82) is 0 Å². The van der Waals surface area contributed by atoms with Crippen LogP contribution in [-0.2, 0) is 14.4 Å². The number of carbonyl (C=O) groups excluding carboxylic acids is 3. The predicted molar refractivity (Wildman–Crippen MR) is 57.8 cm³/mol. The van der Waals surface area contributed by atoms with Gasteiger partial charge in [0, 0.05) is 6.54 Å². The molecule has 0 spiro atoms. The molecule has 0 bridgehead atoms. The van der Waals surface area contributed by atoms with E-state index in [0.717, 1.165) is 0 Å². The Labute approximate surface area is 93.7 Å². The lowest BCUT2D eigenvalue weighted by Crippen LogP contribution is -2.48. The lowest BCUT2D eigenvalue weighted by molar-refractivity contribution is -0.129. The van der Waals surface area contributed by atoms with Crippen molar-refractivity contribution < 1.29 is 14.4 Å². The number of nitrogens with two attached hydrogens (primary N) is 3. The predicted octanol–water partition coefficient (Wildman–Crippen LogP) is -2.18. The van der Waals surface area contributed by atoms with Crippen LogP contribution in [0.5, 0.6) is 0 Å². The molecule has 0 aliphatic heterocycles. The van der Waals surface area contributed by atoms with Gasteiger partial charge in [-0.05, 0) is 13.8 Å². The highest BCUT2D eigenvalue weighted by Gasteiger charge is 2.26. The Hall–Kier alpha value is -1.63. The van der Waals surface area contributed by atoms with Crippen molar-refractivity contribution in [2.45, 2.75) is 26.3 Å². The highest BCUT2D eigenvalue weighted by Crippen LogP contribution is 2.11. The minimum absolute atomic E-state index is 0.0631. The summed E-state index contributed by atoms with van der Waals surface area (Å²) in [5.74, 6) is -1.72. The summed E-state index contributed by atoms with van der Waals surface area (Å²) < 4.78 is 0. The van der Waals surface area contributed by atoms with Gasteiger partial charge in [0.05, 0.1) is 17.9 Å². The first-order valence-electron chi connectivity index (χ1n) is 4.78. The van der Waals surface area contributed by atoms with Gasteiger partial charge in [-0.25, -0.2) is 0 Å². The Kier molecular flexibility index (Phi) is 4.90. The summed E-state index contributed by atoms with van der Waals surface area (Å²) in [4.78, 5) is 32.8. The molecular weight excluding hydrogens is 212 g/mol. The molecule has 7 heteroatoms. The second-order valence-corrected chi connectivity index (χ2v) is 4.24. The molecule has 7 N–H and O–H groups in total. The van der Waals surface area contributed by atoms with Crippen molar-refractivity contribution in [2.24, 2.45) is 22.6 Å². The van der Waals surface area contributed by atoms with Crippen LogP contribution < -0.4 is 22.5 Å². The topological polar surface area (TPSA) is 141 Å². The second-order valence-electron chi connectivity index (χ2n) is 4.24. The number of nitrogens with one attached hydrogen (secondary N) is 1. The van der Waals surface area contributed by atoms with Crippen molar-refractivity contribution in [3.8, 4) is 0 Å². The van der Waals surface area contributed by atoms with Crippen LogP contribution in [0.25, 0.3) is 0 Å². The molecule has 0 rings (SSSR count). The van der Waals surface area contributed by atoms with Gasteiger partial charge in [0.2, 0.25) is 17.7 Å². The Morgan fingerprint density at radius 1 is 1.25 bits per heavy atom. The smallest absolute Gasteiger partial charge is 0.237 e.